The second-order valence-electron chi connectivity index (χ2n) is 10.2. The maximum atomic E-state index is 10.1. The van der Waals surface area contributed by atoms with Crippen molar-refractivity contribution in [3.05, 3.63) is 0 Å². The second kappa shape index (κ2) is 36.4. The summed E-state index contributed by atoms with van der Waals surface area (Å²) in [6.45, 7) is 0. The average Bonchev–Trinajstić information content (AvgIpc) is 3.29. The first kappa shape index (κ1) is 106. The molecule has 0 atom stereocenters. The van der Waals surface area contributed by atoms with E-state index in [-0.39, 0.29) is 224 Å². The molecule has 0 aromatic heterocycles. The number of carboxylic acid groups (broad SMARTS) is 6. The van der Waals surface area contributed by atoms with E-state index in [1.165, 1.54) is 0 Å². The van der Waals surface area contributed by atoms with Gasteiger partial charge in [-0.15, -0.1) is 0 Å². The van der Waals surface area contributed by atoms with Gasteiger partial charge in [-0.25, -0.2) is 0 Å². The van der Waals surface area contributed by atoms with Crippen LogP contribution in [-0.2, 0) is 112 Å². The van der Waals surface area contributed by atoms with E-state index < -0.39 is 105 Å². The van der Waals surface area contributed by atoms with E-state index >= 15 is 0 Å². The Hall–Kier alpha value is -4.53. The summed E-state index contributed by atoms with van der Waals surface area (Å²) in [5.74, 6) is -12.0. The van der Waals surface area contributed by atoms with Crippen molar-refractivity contribution in [2.24, 2.45) is 0 Å². The van der Waals surface area contributed by atoms with Crippen molar-refractivity contribution in [1.29, 1.82) is 94.7 Å². The fraction of sp³-hybridized carbons (Fsp3) is 0.200. The molecule has 0 rings (SSSR count). The Morgan fingerprint density at radius 3 is 0.405 bits per heavy atom. The smallest absolute Gasteiger partial charge is 0.550 e. The summed E-state index contributed by atoms with van der Waals surface area (Å²) in [5.41, 5.74) is -5.95. The van der Waals surface area contributed by atoms with Gasteiger partial charge in [0.05, 0.1) is 11.9 Å². The van der Waals surface area contributed by atoms with Gasteiger partial charge in [0.25, 0.3) is 0 Å². The van der Waals surface area contributed by atoms with Crippen LogP contribution in [-0.4, -0.2) is 57.2 Å². The van der Waals surface area contributed by atoms with Gasteiger partial charge in [0, 0.05) is 49.6 Å². The van der Waals surface area contributed by atoms with Crippen LogP contribution < -0.4 is 203 Å². The summed E-state index contributed by atoms with van der Waals surface area (Å²) >= 11 is 0. The van der Waals surface area contributed by atoms with E-state index in [1.54, 1.807) is 0 Å². The standard InChI is InChI=1S/2C6H8O7.18CN.6Fe.3K.3N/c2*7-3(8)1-6(13,5(11)12)2-4(9)10;18*1-2;;;;;;;;;;;;/h2*13H,1-2H2,(H,7,8)(H,9,10)(H,11,12);;;;;;;;;;;;;;;;;;;;;;;;;;;;;;/q;;;;;;;;;;;;;;;;;;;;3*-3;3*+3;6*+1/p-6. The summed E-state index contributed by atoms with van der Waals surface area (Å²) < 4.78 is 0. The zero-order chi connectivity index (χ0) is 53.2. The van der Waals surface area contributed by atoms with Crippen molar-refractivity contribution in [3.8, 4) is 89.4 Å². The Bertz CT molecular complexity index is 2310. The Kier molecular flexibility index (Phi) is 52.1. The van der Waals surface area contributed by atoms with Gasteiger partial charge in [0.15, 0.2) is 0 Å². The number of rotatable bonds is 10. The van der Waals surface area contributed by atoms with E-state index in [2.05, 4.69) is 0 Å². The molecule has 370 valence electrons. The summed E-state index contributed by atoms with van der Waals surface area (Å²) in [7, 11) is -18.5. The van der Waals surface area contributed by atoms with Crippen LogP contribution in [0.15, 0.2) is 0 Å². The Morgan fingerprint density at radius 1 is 0.297 bits per heavy atom. The van der Waals surface area contributed by atoms with Crippen LogP contribution in [0.3, 0.4) is 0 Å². The van der Waals surface area contributed by atoms with Gasteiger partial charge in [-0.3, -0.25) is 0 Å². The quantitative estimate of drug-likeness (QED) is 0.192. The minimum Gasteiger partial charge on any atom is -0.550 e. The van der Waals surface area contributed by atoms with Gasteiger partial charge in [0.1, 0.15) is 11.2 Å². The van der Waals surface area contributed by atoms with Gasteiger partial charge in [-0.2, -0.15) is 0 Å². The topological polar surface area (TPSA) is 801 Å². The molecule has 0 aromatic carbocycles. The fourth-order valence-electron chi connectivity index (χ4n) is 2.16. The summed E-state index contributed by atoms with van der Waals surface area (Å²) in [6.07, 6.45) is -5.43. The van der Waals surface area contributed by atoms with Crippen molar-refractivity contribution in [1.82, 2.24) is 18.5 Å². The number of hydrogen-bond acceptors (Lipinski definition) is 32. The second-order valence-corrected chi connectivity index (χ2v) is 27.1. The Labute approximate surface area is 572 Å². The number of carbonyl (C=O) groups is 6. The molecular formula is C30H10Fe6K3N21O14. The molecular weight excluding hydrogens is 1330 g/mol. The molecule has 74 heavy (non-hydrogen) atoms. The molecule has 0 aliphatic rings. The number of nitrogens with zero attached hydrogens (tertiary/aromatic N) is 21. The van der Waals surface area contributed by atoms with Crippen LogP contribution in [0.1, 0.15) is 25.7 Å². The minimum atomic E-state index is -6.17. The van der Waals surface area contributed by atoms with Gasteiger partial charge in [-0.1, -0.05) is 0 Å². The molecule has 0 bridgehead atoms. The van der Waals surface area contributed by atoms with Crippen LogP contribution in [0.4, 0.5) is 0 Å². The van der Waals surface area contributed by atoms with Gasteiger partial charge >= 0.3 is 440 Å². The number of aliphatic carboxylic acids is 6. The zero-order valence-corrected chi connectivity index (χ0v) is 52.1. The number of hydrogen-bond donors (Lipinski definition) is 2. The number of aliphatic hydroxyl groups is 2. The minimum absolute atomic E-state index is 0. The normalized spacial score (nSPS) is 10.9. The van der Waals surface area contributed by atoms with Crippen LogP contribution in [0.2, 0.25) is 0 Å². The summed E-state index contributed by atoms with van der Waals surface area (Å²) in [5, 5.41) is 232. The fourth-order valence-corrected chi connectivity index (χ4v) is 4.65. The Morgan fingerprint density at radius 2 is 0.378 bits per heavy atom. The maximum Gasteiger partial charge on any atom is 3.00 e. The van der Waals surface area contributed by atoms with Crippen molar-refractivity contribution >= 4 is 35.8 Å². The van der Waals surface area contributed by atoms with Crippen molar-refractivity contribution < 1.29 is 307 Å². The monoisotopic (exact) mass is 1340 g/mol. The van der Waals surface area contributed by atoms with Gasteiger partial charge < -0.3 is 69.6 Å². The number of carboxylic acids is 6. The molecule has 35 nitrogen and oxygen atoms in total. The predicted molar refractivity (Wildman–Crippen MR) is 166 cm³/mol. The van der Waals surface area contributed by atoms with Crippen LogP contribution in [0.5, 0.6) is 0 Å². The first-order valence-electron chi connectivity index (χ1n) is 13.4. The molecule has 0 heterocycles. The number of carbonyl (C=O) groups excluding carboxylic acids is 6. The van der Waals surface area contributed by atoms with Crippen LogP contribution in [0, 0.1) is 184 Å². The molecule has 0 saturated carbocycles. The molecule has 0 unspecified atom stereocenters. The summed E-state index contributed by atoms with van der Waals surface area (Å²) in [6, 6.07) is 0. The van der Waals surface area contributed by atoms with E-state index in [1.807, 2.05) is 0 Å². The molecule has 2 N–H and O–H groups in total. The maximum absolute atomic E-state index is 10.1. The van der Waals surface area contributed by atoms with E-state index in [9.17, 15) is 59.4 Å². The SMILES string of the molecule is N#[C][Fe-3]([C]#N)([C]#N)([C]#N)([C]#N)[C]#N.N#[C][Fe-3]([C]#N)([C]#N)([C]#N)([C]#N)[C]#N.N#[C][Fe-3]([C]#N)([C]#N)([C]#N)([C]#N)[C]#N.O=C([O-])CC(O)(CC(=O)[O-])C(=O)[O-].O=C([O-])CC(O)(CC(=O)[O-])C(=O)[O-].[Fe+3].[Fe+3].[Fe+3].[K+].[K+].[K+].[N+].[N+].[N+]. The molecule has 0 amide bonds. The predicted octanol–water partition coefficient (Wildman–Crippen LogP) is -20.6. The van der Waals surface area contributed by atoms with E-state index in [0.717, 1.165) is 89.4 Å². The molecule has 44 heteroatoms. The molecule has 0 fully saturated rings. The Balaban J connectivity index is -0.0000000492. The third-order valence-electron chi connectivity index (χ3n) is 6.06. The molecule has 0 aliphatic carbocycles. The van der Waals surface area contributed by atoms with Crippen molar-refractivity contribution in [2.75, 3.05) is 0 Å². The van der Waals surface area contributed by atoms with E-state index in [4.69, 9.17) is 105 Å². The number of nitriles is 18. The zero-order valence-electron chi connectivity index (χ0n) is 36.1. The first-order valence-corrected chi connectivity index (χ1v) is 23.4. The van der Waals surface area contributed by atoms with Crippen LogP contribution in [0.25, 0.3) is 0 Å². The third kappa shape index (κ3) is 21.6. The first-order chi connectivity index (χ1) is 29.5. The molecule has 0 saturated heterocycles. The van der Waals surface area contributed by atoms with Crippen molar-refractivity contribution in [3.63, 3.8) is 0 Å². The largest absolute Gasteiger partial charge is 3.00 e. The molecule has 0 aliphatic heterocycles. The summed E-state index contributed by atoms with van der Waals surface area (Å²) in [4.78, 5) is 78.6. The van der Waals surface area contributed by atoms with Crippen LogP contribution >= 0.6 is 0 Å². The molecule has 15 radical (unpaired) electrons. The third-order valence-corrected chi connectivity index (χ3v) is 17.2. The van der Waals surface area contributed by atoms with E-state index in [0.29, 0.717) is 0 Å². The van der Waals surface area contributed by atoms with Gasteiger partial charge in [-0.05, 0) is 0 Å². The average molecular weight is 1340 g/mol. The van der Waals surface area contributed by atoms with Gasteiger partial charge in [0.2, 0.25) is 0 Å². The molecule has 0 aromatic rings. The van der Waals surface area contributed by atoms with Crippen molar-refractivity contribution in [2.45, 2.75) is 36.9 Å². The molecule has 0 spiro atoms.